The lowest BCUT2D eigenvalue weighted by Crippen LogP contribution is -2.23. The highest BCUT2D eigenvalue weighted by Gasteiger charge is 2.01. The zero-order valence-electron chi connectivity index (χ0n) is 11.8. The lowest BCUT2D eigenvalue weighted by Gasteiger charge is -2.11. The van der Waals surface area contributed by atoms with Crippen molar-refractivity contribution in [3.8, 4) is 11.8 Å². The first kappa shape index (κ1) is 15.5. The molecule has 0 aromatic carbocycles. The van der Waals surface area contributed by atoms with E-state index >= 15 is 0 Å². The Kier molecular flexibility index (Phi) is 9.43. The summed E-state index contributed by atoms with van der Waals surface area (Å²) in [5, 5.41) is 3.46. The first-order valence-electron chi connectivity index (χ1n) is 6.74. The Hall–Kier alpha value is -0.480. The van der Waals surface area contributed by atoms with Gasteiger partial charge < -0.3 is 5.32 Å². The van der Waals surface area contributed by atoms with Crippen LogP contribution in [0.15, 0.2) is 0 Å². The molecule has 0 rings (SSSR count). The van der Waals surface area contributed by atoms with Crippen LogP contribution in [-0.4, -0.2) is 12.6 Å². The van der Waals surface area contributed by atoms with Gasteiger partial charge in [-0.15, -0.1) is 11.8 Å². The van der Waals surface area contributed by atoms with Gasteiger partial charge in [0, 0.05) is 18.4 Å². The lowest BCUT2D eigenvalue weighted by molar-refractivity contribution is 0.458. The minimum Gasteiger partial charge on any atom is -0.315 e. The van der Waals surface area contributed by atoms with Crippen molar-refractivity contribution in [2.45, 2.75) is 66.3 Å². The second-order valence-corrected chi connectivity index (χ2v) is 5.37. The van der Waals surface area contributed by atoms with Crippen LogP contribution < -0.4 is 5.32 Å². The van der Waals surface area contributed by atoms with Gasteiger partial charge in [-0.05, 0) is 31.7 Å². The topological polar surface area (TPSA) is 12.0 Å². The van der Waals surface area contributed by atoms with Crippen molar-refractivity contribution in [1.82, 2.24) is 5.32 Å². The van der Waals surface area contributed by atoms with Crippen LogP contribution in [-0.2, 0) is 0 Å². The number of hydrogen-bond acceptors (Lipinski definition) is 1. The van der Waals surface area contributed by atoms with Gasteiger partial charge in [0.25, 0.3) is 0 Å². The minimum atomic E-state index is 0.519. The van der Waals surface area contributed by atoms with Crippen LogP contribution in [0.25, 0.3) is 0 Å². The van der Waals surface area contributed by atoms with E-state index in [0.717, 1.165) is 18.9 Å². The van der Waals surface area contributed by atoms with E-state index in [-0.39, 0.29) is 0 Å². The molecule has 1 N–H and O–H groups in total. The first-order valence-corrected chi connectivity index (χ1v) is 6.74. The fourth-order valence-corrected chi connectivity index (χ4v) is 1.58. The molecule has 0 spiro atoms. The SMILES string of the molecule is CC(C)C#CCCC(C)CCCNC(C)C. The first-order chi connectivity index (χ1) is 7.52. The normalized spacial score (nSPS) is 12.7. The summed E-state index contributed by atoms with van der Waals surface area (Å²) in [5.41, 5.74) is 0. The van der Waals surface area contributed by atoms with Crippen molar-refractivity contribution >= 4 is 0 Å². The summed E-state index contributed by atoms with van der Waals surface area (Å²) in [5.74, 6) is 7.81. The van der Waals surface area contributed by atoms with Crippen LogP contribution in [0.5, 0.6) is 0 Å². The minimum absolute atomic E-state index is 0.519. The van der Waals surface area contributed by atoms with E-state index in [1.165, 1.54) is 19.3 Å². The van der Waals surface area contributed by atoms with Gasteiger partial charge in [-0.2, -0.15) is 0 Å². The fraction of sp³-hybridized carbons (Fsp3) is 0.867. The molecule has 0 aliphatic carbocycles. The van der Waals surface area contributed by atoms with E-state index in [9.17, 15) is 0 Å². The van der Waals surface area contributed by atoms with E-state index in [2.05, 4.69) is 51.8 Å². The molecule has 1 unspecified atom stereocenters. The predicted molar refractivity (Wildman–Crippen MR) is 73.4 cm³/mol. The van der Waals surface area contributed by atoms with E-state index in [1.807, 2.05) is 0 Å². The Morgan fingerprint density at radius 2 is 1.69 bits per heavy atom. The summed E-state index contributed by atoms with van der Waals surface area (Å²) >= 11 is 0. The van der Waals surface area contributed by atoms with Gasteiger partial charge in [-0.25, -0.2) is 0 Å². The predicted octanol–water partition coefficient (Wildman–Crippen LogP) is 3.84. The summed E-state index contributed by atoms with van der Waals surface area (Å²) in [6, 6.07) is 0.618. The molecule has 0 heterocycles. The van der Waals surface area contributed by atoms with Gasteiger partial charge in [-0.1, -0.05) is 34.6 Å². The van der Waals surface area contributed by atoms with Gasteiger partial charge in [0.15, 0.2) is 0 Å². The Bertz CT molecular complexity index is 207. The van der Waals surface area contributed by atoms with E-state index in [0.29, 0.717) is 12.0 Å². The van der Waals surface area contributed by atoms with Crippen molar-refractivity contribution < 1.29 is 0 Å². The highest BCUT2D eigenvalue weighted by atomic mass is 14.9. The monoisotopic (exact) mass is 223 g/mol. The quantitative estimate of drug-likeness (QED) is 0.511. The van der Waals surface area contributed by atoms with Crippen LogP contribution in [0.4, 0.5) is 0 Å². The second kappa shape index (κ2) is 9.73. The third-order valence-corrected chi connectivity index (χ3v) is 2.58. The second-order valence-electron chi connectivity index (χ2n) is 5.37. The largest absolute Gasteiger partial charge is 0.315 e. The van der Waals surface area contributed by atoms with Crippen molar-refractivity contribution in [1.29, 1.82) is 0 Å². The highest BCUT2D eigenvalue weighted by Crippen LogP contribution is 2.11. The fourth-order valence-electron chi connectivity index (χ4n) is 1.58. The van der Waals surface area contributed by atoms with E-state index in [1.54, 1.807) is 0 Å². The molecular weight excluding hydrogens is 194 g/mol. The highest BCUT2D eigenvalue weighted by molar-refractivity contribution is 5.01. The van der Waals surface area contributed by atoms with Crippen LogP contribution in [0, 0.1) is 23.7 Å². The average Bonchev–Trinajstić information content (AvgIpc) is 2.19. The summed E-state index contributed by atoms with van der Waals surface area (Å²) < 4.78 is 0. The molecule has 0 saturated heterocycles. The van der Waals surface area contributed by atoms with Crippen LogP contribution >= 0.6 is 0 Å². The summed E-state index contributed by atoms with van der Waals surface area (Å²) in [6.45, 7) is 12.2. The zero-order chi connectivity index (χ0) is 12.4. The molecule has 94 valence electrons. The third-order valence-electron chi connectivity index (χ3n) is 2.58. The lowest BCUT2D eigenvalue weighted by atomic mass is 10.00. The van der Waals surface area contributed by atoms with Crippen LogP contribution in [0.2, 0.25) is 0 Å². The molecule has 1 heteroatoms. The zero-order valence-corrected chi connectivity index (χ0v) is 11.8. The summed E-state index contributed by atoms with van der Waals surface area (Å²) in [7, 11) is 0. The number of hydrogen-bond donors (Lipinski definition) is 1. The molecule has 0 aromatic rings. The Labute approximate surface area is 102 Å². The molecule has 0 bridgehead atoms. The number of rotatable bonds is 7. The molecule has 1 atom stereocenters. The van der Waals surface area contributed by atoms with Gasteiger partial charge in [0.05, 0.1) is 0 Å². The Morgan fingerprint density at radius 1 is 1.00 bits per heavy atom. The van der Waals surface area contributed by atoms with Gasteiger partial charge in [0.1, 0.15) is 0 Å². The standard InChI is InChI=1S/C15H29N/c1-13(2)9-6-7-10-15(5)11-8-12-16-14(3)4/h13-16H,7-8,10-12H2,1-5H3. The maximum atomic E-state index is 3.46. The van der Waals surface area contributed by atoms with Gasteiger partial charge in [-0.3, -0.25) is 0 Å². The number of nitrogens with one attached hydrogen (secondary N) is 1. The average molecular weight is 223 g/mol. The molecule has 0 aromatic heterocycles. The van der Waals surface area contributed by atoms with Crippen molar-refractivity contribution in [3.63, 3.8) is 0 Å². The molecule has 0 fully saturated rings. The molecule has 0 aliphatic heterocycles. The van der Waals surface area contributed by atoms with Crippen molar-refractivity contribution in [2.75, 3.05) is 6.54 Å². The smallest absolute Gasteiger partial charge is 0.0146 e. The maximum Gasteiger partial charge on any atom is 0.0146 e. The molecule has 16 heavy (non-hydrogen) atoms. The molecular formula is C15H29N. The Morgan fingerprint density at radius 3 is 2.25 bits per heavy atom. The van der Waals surface area contributed by atoms with Crippen LogP contribution in [0.1, 0.15) is 60.3 Å². The summed E-state index contributed by atoms with van der Waals surface area (Å²) in [6.07, 6.45) is 4.93. The maximum absolute atomic E-state index is 3.46. The molecule has 0 radical (unpaired) electrons. The molecule has 0 amide bonds. The van der Waals surface area contributed by atoms with E-state index < -0.39 is 0 Å². The molecule has 0 saturated carbocycles. The van der Waals surface area contributed by atoms with E-state index in [4.69, 9.17) is 0 Å². The summed E-state index contributed by atoms with van der Waals surface area (Å²) in [4.78, 5) is 0. The van der Waals surface area contributed by atoms with Crippen LogP contribution in [0.3, 0.4) is 0 Å². The molecule has 0 aliphatic rings. The third kappa shape index (κ3) is 11.6. The Balaban J connectivity index is 3.39. The van der Waals surface area contributed by atoms with Gasteiger partial charge in [0.2, 0.25) is 0 Å². The van der Waals surface area contributed by atoms with Crippen molar-refractivity contribution in [2.24, 2.45) is 11.8 Å². The molecule has 1 nitrogen and oxygen atoms in total. The van der Waals surface area contributed by atoms with Crippen molar-refractivity contribution in [3.05, 3.63) is 0 Å². The van der Waals surface area contributed by atoms with Gasteiger partial charge >= 0.3 is 0 Å².